The molecule has 0 aliphatic rings. The van der Waals surface area contributed by atoms with E-state index in [2.05, 4.69) is 16.0 Å². The first-order valence-corrected chi connectivity index (χ1v) is 7.43. The van der Waals surface area contributed by atoms with Crippen LogP contribution in [0.1, 0.15) is 18.1 Å². The molecule has 0 aromatic heterocycles. The number of anilines is 3. The Morgan fingerprint density at radius 3 is 2.13 bits per heavy atom. The second-order valence-electron chi connectivity index (χ2n) is 5.41. The van der Waals surface area contributed by atoms with Crippen LogP contribution in [0, 0.1) is 13.8 Å². The van der Waals surface area contributed by atoms with Gasteiger partial charge in [-0.25, -0.2) is 0 Å². The molecule has 5 heteroatoms. The maximum absolute atomic E-state index is 12.0. The molecule has 0 bridgehead atoms. The van der Waals surface area contributed by atoms with Crippen molar-refractivity contribution in [3.05, 3.63) is 53.6 Å². The lowest BCUT2D eigenvalue weighted by Gasteiger charge is -2.12. The second-order valence-corrected chi connectivity index (χ2v) is 5.41. The molecule has 0 radical (unpaired) electrons. The summed E-state index contributed by atoms with van der Waals surface area (Å²) >= 11 is 0. The van der Waals surface area contributed by atoms with Crippen LogP contribution in [-0.2, 0) is 9.59 Å². The van der Waals surface area contributed by atoms with Crippen LogP contribution in [0.15, 0.2) is 42.5 Å². The highest BCUT2D eigenvalue weighted by atomic mass is 16.2. The van der Waals surface area contributed by atoms with Crippen LogP contribution < -0.4 is 16.0 Å². The minimum absolute atomic E-state index is 0.125. The van der Waals surface area contributed by atoms with E-state index in [9.17, 15) is 9.59 Å². The Balaban J connectivity index is 1.89. The summed E-state index contributed by atoms with van der Waals surface area (Å²) in [7, 11) is 0. The van der Waals surface area contributed by atoms with E-state index in [1.807, 2.05) is 32.0 Å². The summed E-state index contributed by atoms with van der Waals surface area (Å²) in [5.74, 6) is -0.252. The van der Waals surface area contributed by atoms with Crippen molar-refractivity contribution < 1.29 is 9.59 Å². The Bertz CT molecular complexity index is 709. The van der Waals surface area contributed by atoms with Crippen LogP contribution >= 0.6 is 0 Å². The molecule has 0 unspecified atom stereocenters. The van der Waals surface area contributed by atoms with Gasteiger partial charge in [0.05, 0.1) is 6.54 Å². The highest BCUT2D eigenvalue weighted by Gasteiger charge is 2.05. The topological polar surface area (TPSA) is 70.2 Å². The zero-order chi connectivity index (χ0) is 16.8. The van der Waals surface area contributed by atoms with Crippen molar-refractivity contribution in [2.24, 2.45) is 0 Å². The van der Waals surface area contributed by atoms with Gasteiger partial charge in [-0.05, 0) is 55.3 Å². The molecule has 23 heavy (non-hydrogen) atoms. The molecule has 0 atom stereocenters. The average Bonchev–Trinajstić information content (AvgIpc) is 2.50. The Kier molecular flexibility index (Phi) is 5.36. The van der Waals surface area contributed by atoms with Crippen molar-refractivity contribution in [3.8, 4) is 0 Å². The summed E-state index contributed by atoms with van der Waals surface area (Å²) in [6.45, 7) is 5.71. The number of hydrogen-bond acceptors (Lipinski definition) is 3. The van der Waals surface area contributed by atoms with E-state index in [0.717, 1.165) is 11.3 Å². The fourth-order valence-corrected chi connectivity index (χ4v) is 2.16. The summed E-state index contributed by atoms with van der Waals surface area (Å²) in [4.78, 5) is 23.0. The van der Waals surface area contributed by atoms with E-state index < -0.39 is 0 Å². The number of aryl methyl sites for hydroxylation is 1. The molecular weight excluding hydrogens is 290 g/mol. The van der Waals surface area contributed by atoms with E-state index in [1.165, 1.54) is 12.5 Å². The van der Waals surface area contributed by atoms with Gasteiger partial charge in [-0.1, -0.05) is 12.1 Å². The van der Waals surface area contributed by atoms with Crippen molar-refractivity contribution in [2.45, 2.75) is 20.8 Å². The highest BCUT2D eigenvalue weighted by molar-refractivity contribution is 5.94. The highest BCUT2D eigenvalue weighted by Crippen LogP contribution is 2.18. The van der Waals surface area contributed by atoms with Gasteiger partial charge in [0.25, 0.3) is 0 Å². The molecule has 2 rings (SSSR count). The normalized spacial score (nSPS) is 10.0. The molecule has 0 aliphatic carbocycles. The first-order valence-electron chi connectivity index (χ1n) is 7.43. The van der Waals surface area contributed by atoms with Gasteiger partial charge >= 0.3 is 0 Å². The van der Waals surface area contributed by atoms with Gasteiger partial charge in [0.15, 0.2) is 0 Å². The number of benzene rings is 2. The Morgan fingerprint density at radius 2 is 1.52 bits per heavy atom. The molecule has 0 heterocycles. The van der Waals surface area contributed by atoms with Crippen LogP contribution in [0.2, 0.25) is 0 Å². The van der Waals surface area contributed by atoms with E-state index in [1.54, 1.807) is 24.3 Å². The van der Waals surface area contributed by atoms with E-state index >= 15 is 0 Å². The molecule has 5 nitrogen and oxygen atoms in total. The number of nitrogens with one attached hydrogen (secondary N) is 3. The predicted molar refractivity (Wildman–Crippen MR) is 93.8 cm³/mol. The average molecular weight is 311 g/mol. The fraction of sp³-hybridized carbons (Fsp3) is 0.222. The lowest BCUT2D eigenvalue weighted by Crippen LogP contribution is -2.22. The second kappa shape index (κ2) is 7.45. The summed E-state index contributed by atoms with van der Waals surface area (Å²) in [5.41, 5.74) is 4.67. The number of rotatable bonds is 5. The molecule has 2 aromatic carbocycles. The maximum atomic E-state index is 12.0. The van der Waals surface area contributed by atoms with Crippen LogP contribution in [0.4, 0.5) is 17.1 Å². The lowest BCUT2D eigenvalue weighted by molar-refractivity contribution is -0.115. The minimum atomic E-state index is -0.127. The first-order chi connectivity index (χ1) is 11.0. The summed E-state index contributed by atoms with van der Waals surface area (Å²) < 4.78 is 0. The van der Waals surface area contributed by atoms with Crippen LogP contribution in [0.3, 0.4) is 0 Å². The fourth-order valence-electron chi connectivity index (χ4n) is 2.16. The maximum Gasteiger partial charge on any atom is 0.243 e. The summed E-state index contributed by atoms with van der Waals surface area (Å²) in [6, 6.07) is 12.9. The van der Waals surface area contributed by atoms with Gasteiger partial charge in [-0.2, -0.15) is 0 Å². The SMILES string of the molecule is CC(=O)Nc1ccc(NC(=O)CNc2cccc(C)c2C)cc1. The monoisotopic (exact) mass is 311 g/mol. The van der Waals surface area contributed by atoms with Gasteiger partial charge in [0.1, 0.15) is 0 Å². The van der Waals surface area contributed by atoms with Crippen molar-refractivity contribution in [1.29, 1.82) is 0 Å². The standard InChI is InChI=1S/C18H21N3O2/c1-12-5-4-6-17(13(12)2)19-11-18(23)21-16-9-7-15(8-10-16)20-14(3)22/h4-10,19H,11H2,1-3H3,(H,20,22)(H,21,23). The third-order valence-corrected chi connectivity index (χ3v) is 3.53. The van der Waals surface area contributed by atoms with Crippen molar-refractivity contribution in [1.82, 2.24) is 0 Å². The zero-order valence-electron chi connectivity index (χ0n) is 13.6. The van der Waals surface area contributed by atoms with Gasteiger partial charge in [0, 0.05) is 24.0 Å². The van der Waals surface area contributed by atoms with Crippen LogP contribution in [0.5, 0.6) is 0 Å². The molecule has 2 amide bonds. The van der Waals surface area contributed by atoms with Crippen LogP contribution in [-0.4, -0.2) is 18.4 Å². The van der Waals surface area contributed by atoms with Crippen molar-refractivity contribution >= 4 is 28.9 Å². The Morgan fingerprint density at radius 1 is 0.913 bits per heavy atom. The number of carbonyl (C=O) groups excluding carboxylic acids is 2. The summed E-state index contributed by atoms with van der Waals surface area (Å²) in [5, 5.41) is 8.63. The molecule has 0 spiro atoms. The Hall–Kier alpha value is -2.82. The smallest absolute Gasteiger partial charge is 0.243 e. The quantitative estimate of drug-likeness (QED) is 0.793. The van der Waals surface area contributed by atoms with Crippen molar-refractivity contribution in [2.75, 3.05) is 22.5 Å². The molecule has 0 saturated heterocycles. The largest absolute Gasteiger partial charge is 0.376 e. The van der Waals surface area contributed by atoms with Gasteiger partial charge in [-0.3, -0.25) is 9.59 Å². The third kappa shape index (κ3) is 4.85. The molecule has 3 N–H and O–H groups in total. The zero-order valence-corrected chi connectivity index (χ0v) is 13.6. The number of amides is 2. The molecule has 0 saturated carbocycles. The first kappa shape index (κ1) is 16.5. The third-order valence-electron chi connectivity index (χ3n) is 3.53. The Labute approximate surface area is 136 Å². The number of hydrogen-bond donors (Lipinski definition) is 3. The number of carbonyl (C=O) groups is 2. The van der Waals surface area contributed by atoms with E-state index in [4.69, 9.17) is 0 Å². The minimum Gasteiger partial charge on any atom is -0.376 e. The molecule has 120 valence electrons. The molecule has 0 fully saturated rings. The molecule has 0 aliphatic heterocycles. The van der Waals surface area contributed by atoms with Crippen LogP contribution in [0.25, 0.3) is 0 Å². The van der Waals surface area contributed by atoms with Gasteiger partial charge in [0.2, 0.25) is 11.8 Å². The molecular formula is C18H21N3O2. The predicted octanol–water partition coefficient (Wildman–Crippen LogP) is 3.31. The van der Waals surface area contributed by atoms with E-state index in [0.29, 0.717) is 11.4 Å². The summed E-state index contributed by atoms with van der Waals surface area (Å²) in [6.07, 6.45) is 0. The van der Waals surface area contributed by atoms with Gasteiger partial charge < -0.3 is 16.0 Å². The van der Waals surface area contributed by atoms with Gasteiger partial charge in [-0.15, -0.1) is 0 Å². The van der Waals surface area contributed by atoms with E-state index in [-0.39, 0.29) is 18.4 Å². The van der Waals surface area contributed by atoms with Crippen molar-refractivity contribution in [3.63, 3.8) is 0 Å². The molecule has 2 aromatic rings. The lowest BCUT2D eigenvalue weighted by atomic mass is 10.1.